The minimum absolute atomic E-state index is 0.0487. The number of amides is 2. The van der Waals surface area contributed by atoms with Crippen molar-refractivity contribution in [1.29, 1.82) is 0 Å². The second-order valence-corrected chi connectivity index (χ2v) is 9.60. The van der Waals surface area contributed by atoms with Crippen LogP contribution < -0.4 is 9.62 Å². The molecule has 7 nitrogen and oxygen atoms in total. The van der Waals surface area contributed by atoms with Crippen LogP contribution in [0.25, 0.3) is 0 Å². The molecule has 184 valence electrons. The fourth-order valence-electron chi connectivity index (χ4n) is 3.43. The number of hydrogen-bond donors (Lipinski definition) is 1. The highest BCUT2D eigenvalue weighted by Gasteiger charge is 2.32. The van der Waals surface area contributed by atoms with Crippen molar-refractivity contribution in [3.05, 3.63) is 96.1 Å². The Morgan fingerprint density at radius 2 is 1.43 bits per heavy atom. The number of benzene rings is 3. The normalized spacial score (nSPS) is 12.0. The van der Waals surface area contributed by atoms with E-state index in [1.165, 1.54) is 55.3 Å². The predicted octanol–water partition coefficient (Wildman–Crippen LogP) is 3.32. The van der Waals surface area contributed by atoms with E-state index < -0.39 is 46.1 Å². The SMILES string of the molecule is CNC(=O)[C@@H](C)N(Cc1ccc(F)cc1)C(=O)CN(c1ccccc1)S(=O)(=O)c1ccc(F)cc1. The van der Waals surface area contributed by atoms with Gasteiger partial charge in [0.05, 0.1) is 10.6 Å². The van der Waals surface area contributed by atoms with Crippen LogP contribution in [0.3, 0.4) is 0 Å². The van der Waals surface area contributed by atoms with Gasteiger partial charge >= 0.3 is 0 Å². The maximum absolute atomic E-state index is 13.5. The Morgan fingerprint density at radius 3 is 1.97 bits per heavy atom. The third kappa shape index (κ3) is 6.21. The van der Waals surface area contributed by atoms with Gasteiger partial charge in [-0.1, -0.05) is 30.3 Å². The first kappa shape index (κ1) is 25.8. The van der Waals surface area contributed by atoms with Crippen molar-refractivity contribution < 1.29 is 26.8 Å². The lowest BCUT2D eigenvalue weighted by Gasteiger charge is -2.31. The van der Waals surface area contributed by atoms with Gasteiger partial charge in [-0.25, -0.2) is 17.2 Å². The third-order valence-corrected chi connectivity index (χ3v) is 7.19. The van der Waals surface area contributed by atoms with Gasteiger partial charge in [-0.05, 0) is 61.0 Å². The molecular weight excluding hydrogens is 476 g/mol. The van der Waals surface area contributed by atoms with E-state index in [-0.39, 0.29) is 17.1 Å². The number of anilines is 1. The number of halogens is 2. The molecule has 0 saturated heterocycles. The van der Waals surface area contributed by atoms with Gasteiger partial charge in [0.2, 0.25) is 11.8 Å². The van der Waals surface area contributed by atoms with Crippen LogP contribution in [0.5, 0.6) is 0 Å². The van der Waals surface area contributed by atoms with Gasteiger partial charge < -0.3 is 10.2 Å². The van der Waals surface area contributed by atoms with E-state index in [0.29, 0.717) is 5.56 Å². The molecule has 2 amide bonds. The van der Waals surface area contributed by atoms with E-state index >= 15 is 0 Å². The van der Waals surface area contributed by atoms with Crippen molar-refractivity contribution >= 4 is 27.5 Å². The lowest BCUT2D eigenvalue weighted by atomic mass is 10.1. The van der Waals surface area contributed by atoms with Gasteiger partial charge in [0.15, 0.2) is 0 Å². The maximum atomic E-state index is 13.5. The van der Waals surface area contributed by atoms with Crippen LogP contribution in [0.2, 0.25) is 0 Å². The number of carbonyl (C=O) groups excluding carboxylic acids is 2. The van der Waals surface area contributed by atoms with Crippen LogP contribution in [-0.2, 0) is 26.2 Å². The van der Waals surface area contributed by atoms with Crippen LogP contribution in [0, 0.1) is 11.6 Å². The molecule has 0 radical (unpaired) electrons. The summed E-state index contributed by atoms with van der Waals surface area (Å²) in [6, 6.07) is 16.8. The number of para-hydroxylation sites is 1. The Labute approximate surface area is 203 Å². The zero-order chi connectivity index (χ0) is 25.6. The van der Waals surface area contributed by atoms with Crippen molar-refractivity contribution in [2.75, 3.05) is 17.9 Å². The molecule has 0 aliphatic heterocycles. The molecule has 3 rings (SSSR count). The van der Waals surface area contributed by atoms with Gasteiger partial charge in [-0.3, -0.25) is 13.9 Å². The highest BCUT2D eigenvalue weighted by atomic mass is 32.2. The fraction of sp³-hybridized carbons (Fsp3) is 0.200. The standard InChI is InChI=1S/C25H25F2N3O4S/c1-18(25(32)28-2)29(16-19-8-10-20(26)11-9-19)24(31)17-30(22-6-4-3-5-7-22)35(33,34)23-14-12-21(27)13-15-23/h3-15,18H,16-17H2,1-2H3,(H,28,32)/t18-/m1/s1. The summed E-state index contributed by atoms with van der Waals surface area (Å²) in [6.07, 6.45) is 0. The molecule has 0 heterocycles. The number of hydrogen-bond acceptors (Lipinski definition) is 4. The summed E-state index contributed by atoms with van der Waals surface area (Å²) >= 11 is 0. The smallest absolute Gasteiger partial charge is 0.264 e. The Balaban J connectivity index is 1.99. The molecule has 1 atom stereocenters. The molecule has 0 aliphatic carbocycles. The summed E-state index contributed by atoms with van der Waals surface area (Å²) in [5, 5.41) is 2.48. The van der Waals surface area contributed by atoms with Crippen molar-refractivity contribution in [2.45, 2.75) is 24.4 Å². The molecule has 35 heavy (non-hydrogen) atoms. The lowest BCUT2D eigenvalue weighted by Crippen LogP contribution is -2.50. The van der Waals surface area contributed by atoms with Crippen molar-refractivity contribution in [1.82, 2.24) is 10.2 Å². The van der Waals surface area contributed by atoms with Crippen molar-refractivity contribution in [2.24, 2.45) is 0 Å². The van der Waals surface area contributed by atoms with Crippen molar-refractivity contribution in [3.8, 4) is 0 Å². The molecule has 3 aromatic carbocycles. The number of rotatable bonds is 9. The van der Waals surface area contributed by atoms with Crippen LogP contribution in [0.15, 0.2) is 83.8 Å². The molecule has 3 aromatic rings. The quantitative estimate of drug-likeness (QED) is 0.487. The molecule has 0 spiro atoms. The van der Waals surface area contributed by atoms with Gasteiger partial charge in [0, 0.05) is 13.6 Å². The molecule has 0 aromatic heterocycles. The average molecular weight is 502 g/mol. The summed E-state index contributed by atoms with van der Waals surface area (Å²) in [6.45, 7) is 0.848. The second-order valence-electron chi connectivity index (χ2n) is 7.74. The summed E-state index contributed by atoms with van der Waals surface area (Å²) in [5.74, 6) is -2.16. The highest BCUT2D eigenvalue weighted by molar-refractivity contribution is 7.92. The van der Waals surface area contributed by atoms with Crippen LogP contribution in [0.4, 0.5) is 14.5 Å². The van der Waals surface area contributed by atoms with Crippen LogP contribution in [-0.4, -0.2) is 44.8 Å². The van der Waals surface area contributed by atoms with E-state index in [2.05, 4.69) is 5.32 Å². The Kier molecular flexibility index (Phi) is 8.18. The largest absolute Gasteiger partial charge is 0.357 e. The number of sulfonamides is 1. The van der Waals surface area contributed by atoms with Gasteiger partial charge in [-0.2, -0.15) is 0 Å². The van der Waals surface area contributed by atoms with Crippen LogP contribution in [0.1, 0.15) is 12.5 Å². The summed E-state index contributed by atoms with van der Waals surface area (Å²) in [4.78, 5) is 26.9. The molecule has 0 bridgehead atoms. The molecule has 0 fully saturated rings. The Bertz CT molecular complexity index is 1270. The van der Waals surface area contributed by atoms with E-state index in [4.69, 9.17) is 0 Å². The number of likely N-dealkylation sites (N-methyl/N-ethyl adjacent to an activating group) is 1. The van der Waals surface area contributed by atoms with E-state index in [0.717, 1.165) is 28.6 Å². The molecule has 0 saturated carbocycles. The number of nitrogens with zero attached hydrogens (tertiary/aromatic N) is 2. The minimum Gasteiger partial charge on any atom is -0.357 e. The summed E-state index contributed by atoms with van der Waals surface area (Å²) in [7, 11) is -2.84. The molecule has 0 unspecified atom stereocenters. The highest BCUT2D eigenvalue weighted by Crippen LogP contribution is 2.24. The molecular formula is C25H25F2N3O4S. The van der Waals surface area contributed by atoms with Crippen LogP contribution >= 0.6 is 0 Å². The van der Waals surface area contributed by atoms with Gasteiger partial charge in [0.1, 0.15) is 24.2 Å². The first-order valence-electron chi connectivity index (χ1n) is 10.7. The zero-order valence-electron chi connectivity index (χ0n) is 19.2. The Hall–Kier alpha value is -3.79. The monoisotopic (exact) mass is 501 g/mol. The van der Waals surface area contributed by atoms with Gasteiger partial charge in [0.25, 0.3) is 10.0 Å². The van der Waals surface area contributed by atoms with E-state index in [1.807, 2.05) is 0 Å². The zero-order valence-corrected chi connectivity index (χ0v) is 20.0. The van der Waals surface area contributed by atoms with Gasteiger partial charge in [-0.15, -0.1) is 0 Å². The maximum Gasteiger partial charge on any atom is 0.264 e. The average Bonchev–Trinajstić information content (AvgIpc) is 2.86. The second kappa shape index (κ2) is 11.1. The Morgan fingerprint density at radius 1 is 0.886 bits per heavy atom. The fourth-order valence-corrected chi connectivity index (χ4v) is 4.85. The summed E-state index contributed by atoms with van der Waals surface area (Å²) < 4.78 is 54.6. The predicted molar refractivity (Wildman–Crippen MR) is 128 cm³/mol. The number of nitrogens with one attached hydrogen (secondary N) is 1. The van der Waals surface area contributed by atoms with E-state index in [1.54, 1.807) is 18.2 Å². The van der Waals surface area contributed by atoms with E-state index in [9.17, 15) is 26.8 Å². The number of carbonyl (C=O) groups is 2. The molecule has 10 heteroatoms. The van der Waals surface area contributed by atoms with Crippen molar-refractivity contribution in [3.63, 3.8) is 0 Å². The first-order chi connectivity index (χ1) is 16.6. The molecule has 0 aliphatic rings. The summed E-state index contributed by atoms with van der Waals surface area (Å²) in [5.41, 5.74) is 0.780. The topological polar surface area (TPSA) is 86.8 Å². The lowest BCUT2D eigenvalue weighted by molar-refractivity contribution is -0.139. The third-order valence-electron chi connectivity index (χ3n) is 5.40. The molecule has 1 N–H and O–H groups in total. The minimum atomic E-state index is -4.26. The first-order valence-corrected chi connectivity index (χ1v) is 12.2.